The fourth-order valence-electron chi connectivity index (χ4n) is 2.56. The second-order valence-electron chi connectivity index (χ2n) is 5.34. The third-order valence-corrected chi connectivity index (χ3v) is 3.74. The molecule has 1 amide bonds. The third kappa shape index (κ3) is 3.31. The van der Waals surface area contributed by atoms with Gasteiger partial charge in [-0.3, -0.25) is 14.7 Å². The molecule has 2 aromatic rings. The summed E-state index contributed by atoms with van der Waals surface area (Å²) in [6, 6.07) is 7.61. The SMILES string of the molecule is Cc1ccc(C(=O)N2CCN(Cc3cccnc3)CC2)o1. The van der Waals surface area contributed by atoms with Gasteiger partial charge in [0, 0.05) is 45.1 Å². The first-order valence-corrected chi connectivity index (χ1v) is 7.19. The van der Waals surface area contributed by atoms with Crippen LogP contribution in [0.1, 0.15) is 21.9 Å². The van der Waals surface area contributed by atoms with E-state index in [-0.39, 0.29) is 5.91 Å². The summed E-state index contributed by atoms with van der Waals surface area (Å²) in [7, 11) is 0. The molecule has 0 radical (unpaired) electrons. The smallest absolute Gasteiger partial charge is 0.289 e. The summed E-state index contributed by atoms with van der Waals surface area (Å²) in [5.41, 5.74) is 1.21. The summed E-state index contributed by atoms with van der Waals surface area (Å²) in [4.78, 5) is 20.6. The molecule has 5 nitrogen and oxygen atoms in total. The zero-order chi connectivity index (χ0) is 14.7. The van der Waals surface area contributed by atoms with Crippen LogP contribution in [0.4, 0.5) is 0 Å². The first kappa shape index (κ1) is 13.8. The molecule has 1 saturated heterocycles. The molecule has 0 unspecified atom stereocenters. The van der Waals surface area contributed by atoms with Crippen molar-refractivity contribution in [3.8, 4) is 0 Å². The molecule has 1 aliphatic rings. The average molecular weight is 285 g/mol. The highest BCUT2D eigenvalue weighted by molar-refractivity contribution is 5.91. The van der Waals surface area contributed by atoms with Crippen LogP contribution in [0.5, 0.6) is 0 Å². The van der Waals surface area contributed by atoms with Gasteiger partial charge >= 0.3 is 0 Å². The maximum atomic E-state index is 12.3. The van der Waals surface area contributed by atoms with Crippen molar-refractivity contribution in [3.63, 3.8) is 0 Å². The lowest BCUT2D eigenvalue weighted by atomic mass is 10.2. The number of hydrogen-bond donors (Lipinski definition) is 0. The van der Waals surface area contributed by atoms with Crippen LogP contribution in [-0.2, 0) is 6.54 Å². The Kier molecular flexibility index (Phi) is 4.01. The molecule has 2 aromatic heterocycles. The first-order chi connectivity index (χ1) is 10.2. The van der Waals surface area contributed by atoms with E-state index in [1.807, 2.05) is 30.2 Å². The minimum atomic E-state index is -0.0101. The van der Waals surface area contributed by atoms with Crippen molar-refractivity contribution in [2.45, 2.75) is 13.5 Å². The van der Waals surface area contributed by atoms with Gasteiger partial charge in [0.25, 0.3) is 5.91 Å². The van der Waals surface area contributed by atoms with E-state index >= 15 is 0 Å². The minimum absolute atomic E-state index is 0.0101. The van der Waals surface area contributed by atoms with Crippen LogP contribution in [0.15, 0.2) is 41.1 Å². The molecule has 0 spiro atoms. The highest BCUT2D eigenvalue weighted by atomic mass is 16.3. The van der Waals surface area contributed by atoms with Crippen molar-refractivity contribution >= 4 is 5.91 Å². The maximum Gasteiger partial charge on any atom is 0.289 e. The lowest BCUT2D eigenvalue weighted by Gasteiger charge is -2.34. The van der Waals surface area contributed by atoms with Gasteiger partial charge in [-0.05, 0) is 30.7 Å². The highest BCUT2D eigenvalue weighted by Crippen LogP contribution is 2.13. The Balaban J connectivity index is 1.54. The lowest BCUT2D eigenvalue weighted by molar-refractivity contribution is 0.0596. The normalized spacial score (nSPS) is 16.1. The summed E-state index contributed by atoms with van der Waals surface area (Å²) in [5, 5.41) is 0. The number of nitrogens with zero attached hydrogens (tertiary/aromatic N) is 3. The summed E-state index contributed by atoms with van der Waals surface area (Å²) in [6.07, 6.45) is 3.68. The van der Waals surface area contributed by atoms with Gasteiger partial charge < -0.3 is 9.32 Å². The molecule has 3 heterocycles. The van der Waals surface area contributed by atoms with Crippen LogP contribution in [0, 0.1) is 6.92 Å². The van der Waals surface area contributed by atoms with E-state index in [9.17, 15) is 4.79 Å². The zero-order valence-electron chi connectivity index (χ0n) is 12.2. The van der Waals surface area contributed by atoms with Gasteiger partial charge in [-0.15, -0.1) is 0 Å². The number of aryl methyl sites for hydroxylation is 1. The van der Waals surface area contributed by atoms with Crippen molar-refractivity contribution in [2.24, 2.45) is 0 Å². The topological polar surface area (TPSA) is 49.6 Å². The molecule has 0 N–H and O–H groups in total. The largest absolute Gasteiger partial charge is 0.456 e. The molecule has 0 atom stereocenters. The number of rotatable bonds is 3. The van der Waals surface area contributed by atoms with Gasteiger partial charge in [0.1, 0.15) is 5.76 Å². The highest BCUT2D eigenvalue weighted by Gasteiger charge is 2.23. The van der Waals surface area contributed by atoms with Crippen molar-refractivity contribution in [1.29, 1.82) is 0 Å². The fourth-order valence-corrected chi connectivity index (χ4v) is 2.56. The Hall–Kier alpha value is -2.14. The Morgan fingerprint density at radius 3 is 2.67 bits per heavy atom. The Morgan fingerprint density at radius 2 is 2.05 bits per heavy atom. The van der Waals surface area contributed by atoms with Crippen molar-refractivity contribution in [1.82, 2.24) is 14.8 Å². The molecular formula is C16H19N3O2. The van der Waals surface area contributed by atoms with Crippen molar-refractivity contribution in [2.75, 3.05) is 26.2 Å². The molecule has 1 fully saturated rings. The van der Waals surface area contributed by atoms with Gasteiger partial charge in [0.15, 0.2) is 5.76 Å². The number of piperazine rings is 1. The monoisotopic (exact) mass is 285 g/mol. The predicted octanol–water partition coefficient (Wildman–Crippen LogP) is 1.94. The molecule has 1 aliphatic heterocycles. The van der Waals surface area contributed by atoms with E-state index in [0.29, 0.717) is 5.76 Å². The summed E-state index contributed by atoms with van der Waals surface area (Å²) in [6.45, 7) is 5.96. The molecule has 110 valence electrons. The summed E-state index contributed by atoms with van der Waals surface area (Å²) in [5.74, 6) is 1.20. The second-order valence-corrected chi connectivity index (χ2v) is 5.34. The van der Waals surface area contributed by atoms with Gasteiger partial charge in [-0.25, -0.2) is 0 Å². The number of pyridine rings is 1. The molecule has 21 heavy (non-hydrogen) atoms. The zero-order valence-corrected chi connectivity index (χ0v) is 12.2. The van der Waals surface area contributed by atoms with Gasteiger partial charge in [-0.1, -0.05) is 6.07 Å². The fraction of sp³-hybridized carbons (Fsp3) is 0.375. The van der Waals surface area contributed by atoms with Crippen molar-refractivity contribution < 1.29 is 9.21 Å². The van der Waals surface area contributed by atoms with Crippen LogP contribution < -0.4 is 0 Å². The van der Waals surface area contributed by atoms with Crippen LogP contribution in [-0.4, -0.2) is 46.9 Å². The Labute approximate surface area is 124 Å². The molecule has 5 heteroatoms. The number of aromatic nitrogens is 1. The molecule has 0 saturated carbocycles. The molecule has 0 aliphatic carbocycles. The van der Waals surface area contributed by atoms with Gasteiger partial charge in [0.05, 0.1) is 0 Å². The Morgan fingerprint density at radius 1 is 1.24 bits per heavy atom. The number of carbonyl (C=O) groups is 1. The third-order valence-electron chi connectivity index (χ3n) is 3.74. The number of hydrogen-bond acceptors (Lipinski definition) is 4. The van der Waals surface area contributed by atoms with E-state index in [1.54, 1.807) is 12.3 Å². The van der Waals surface area contributed by atoms with E-state index in [2.05, 4.69) is 16.0 Å². The van der Waals surface area contributed by atoms with E-state index in [4.69, 9.17) is 4.42 Å². The standard InChI is InChI=1S/C16H19N3O2/c1-13-4-5-15(21-13)16(20)19-9-7-18(8-10-19)12-14-3-2-6-17-11-14/h2-6,11H,7-10,12H2,1H3. The number of amides is 1. The summed E-state index contributed by atoms with van der Waals surface area (Å²) >= 11 is 0. The lowest BCUT2D eigenvalue weighted by Crippen LogP contribution is -2.48. The predicted molar refractivity (Wildman–Crippen MR) is 78.9 cm³/mol. The Bertz CT molecular complexity index is 601. The second kappa shape index (κ2) is 6.10. The van der Waals surface area contributed by atoms with Gasteiger partial charge in [-0.2, -0.15) is 0 Å². The van der Waals surface area contributed by atoms with Crippen molar-refractivity contribution in [3.05, 3.63) is 53.7 Å². The van der Waals surface area contributed by atoms with E-state index < -0.39 is 0 Å². The maximum absolute atomic E-state index is 12.3. The van der Waals surface area contributed by atoms with E-state index in [0.717, 1.165) is 38.5 Å². The quantitative estimate of drug-likeness (QED) is 0.865. The summed E-state index contributed by atoms with van der Waals surface area (Å²) < 4.78 is 5.41. The number of carbonyl (C=O) groups excluding carboxylic acids is 1. The molecule has 0 bridgehead atoms. The number of furan rings is 1. The van der Waals surface area contributed by atoms with Gasteiger partial charge in [0.2, 0.25) is 0 Å². The molecular weight excluding hydrogens is 266 g/mol. The van der Waals surface area contributed by atoms with Crippen LogP contribution in [0.2, 0.25) is 0 Å². The molecule has 0 aromatic carbocycles. The van der Waals surface area contributed by atoms with E-state index in [1.165, 1.54) is 5.56 Å². The van der Waals surface area contributed by atoms with Crippen LogP contribution in [0.3, 0.4) is 0 Å². The average Bonchev–Trinajstić information content (AvgIpc) is 2.95. The first-order valence-electron chi connectivity index (χ1n) is 7.19. The minimum Gasteiger partial charge on any atom is -0.456 e. The van der Waals surface area contributed by atoms with Crippen LogP contribution in [0.25, 0.3) is 0 Å². The molecule has 3 rings (SSSR count). The van der Waals surface area contributed by atoms with Crippen LogP contribution >= 0.6 is 0 Å².